The first-order chi connectivity index (χ1) is 7.79. The highest BCUT2D eigenvalue weighted by Gasteiger charge is 2.28. The van der Waals surface area contributed by atoms with E-state index in [4.69, 9.17) is 4.74 Å². The summed E-state index contributed by atoms with van der Waals surface area (Å²) in [5.41, 5.74) is -0.246. The fourth-order valence-corrected chi connectivity index (χ4v) is 1.70. The predicted molar refractivity (Wildman–Crippen MR) is 65.8 cm³/mol. The molecule has 5 nitrogen and oxygen atoms in total. The molecule has 100 valence electrons. The normalized spacial score (nSPS) is 23.2. The zero-order valence-electron chi connectivity index (χ0n) is 11.2. The minimum absolute atomic E-state index is 0.105. The van der Waals surface area contributed by atoms with Crippen molar-refractivity contribution in [2.24, 2.45) is 0 Å². The highest BCUT2D eigenvalue weighted by Crippen LogP contribution is 2.09. The number of nitrogens with zero attached hydrogens (tertiary/aromatic N) is 1. The molecule has 1 rings (SSSR count). The minimum atomic E-state index is -0.576. The number of carbonyl (C=O) groups excluding carboxylic acids is 1. The fraction of sp³-hybridized carbons (Fsp3) is 0.917. The van der Waals surface area contributed by atoms with Crippen LogP contribution >= 0.6 is 0 Å². The number of amides is 1. The molecule has 0 aromatic heterocycles. The molecule has 2 N–H and O–H groups in total. The van der Waals surface area contributed by atoms with Crippen molar-refractivity contribution >= 4 is 5.91 Å². The lowest BCUT2D eigenvalue weighted by Gasteiger charge is -2.22. The Kier molecular flexibility index (Phi) is 4.91. The van der Waals surface area contributed by atoms with Crippen LogP contribution in [-0.4, -0.2) is 60.4 Å². The Balaban J connectivity index is 2.20. The zero-order chi connectivity index (χ0) is 13.1. The molecular formula is C12H24N2O3. The first-order valence-corrected chi connectivity index (χ1v) is 6.10. The summed E-state index contributed by atoms with van der Waals surface area (Å²) in [6, 6.07) is -0.149. The molecule has 0 aliphatic carbocycles. The van der Waals surface area contributed by atoms with Gasteiger partial charge in [-0.15, -0.1) is 0 Å². The molecule has 0 spiro atoms. The van der Waals surface area contributed by atoms with Gasteiger partial charge in [0, 0.05) is 20.1 Å². The van der Waals surface area contributed by atoms with Crippen LogP contribution in [-0.2, 0) is 9.53 Å². The summed E-state index contributed by atoms with van der Waals surface area (Å²) >= 11 is 0. The summed E-state index contributed by atoms with van der Waals surface area (Å²) in [5, 5.41) is 12.8. The van der Waals surface area contributed by atoms with Gasteiger partial charge in [-0.05, 0) is 27.2 Å². The van der Waals surface area contributed by atoms with E-state index < -0.39 is 6.10 Å². The molecule has 17 heavy (non-hydrogen) atoms. The number of aliphatic hydroxyl groups excluding tert-OH is 1. The Hall–Kier alpha value is -0.650. The Labute approximate surface area is 103 Å². The van der Waals surface area contributed by atoms with Gasteiger partial charge in [-0.3, -0.25) is 4.79 Å². The molecule has 0 bridgehead atoms. The average Bonchev–Trinajstić information content (AvgIpc) is 2.53. The summed E-state index contributed by atoms with van der Waals surface area (Å²) < 4.78 is 5.47. The van der Waals surface area contributed by atoms with Crippen LogP contribution in [0.5, 0.6) is 0 Å². The highest BCUT2D eigenvalue weighted by molar-refractivity contribution is 5.83. The Morgan fingerprint density at radius 2 is 2.24 bits per heavy atom. The second-order valence-corrected chi connectivity index (χ2v) is 5.59. The van der Waals surface area contributed by atoms with Gasteiger partial charge in [-0.2, -0.15) is 0 Å². The molecule has 0 aromatic rings. The van der Waals surface area contributed by atoms with E-state index in [1.165, 1.54) is 0 Å². The van der Waals surface area contributed by atoms with Crippen molar-refractivity contribution in [1.82, 2.24) is 10.2 Å². The van der Waals surface area contributed by atoms with Gasteiger partial charge in [0.15, 0.2) is 0 Å². The Bertz CT molecular complexity index is 263. The maximum atomic E-state index is 11.6. The van der Waals surface area contributed by atoms with Crippen molar-refractivity contribution in [3.8, 4) is 0 Å². The molecule has 1 saturated heterocycles. The largest absolute Gasteiger partial charge is 0.389 e. The second kappa shape index (κ2) is 5.80. The topological polar surface area (TPSA) is 61.8 Å². The second-order valence-electron chi connectivity index (χ2n) is 5.59. The van der Waals surface area contributed by atoms with Crippen LogP contribution in [0.4, 0.5) is 0 Å². The van der Waals surface area contributed by atoms with E-state index in [0.717, 1.165) is 13.0 Å². The van der Waals surface area contributed by atoms with Crippen molar-refractivity contribution in [2.75, 3.05) is 26.7 Å². The van der Waals surface area contributed by atoms with Crippen LogP contribution in [0.15, 0.2) is 0 Å². The molecule has 1 heterocycles. The molecule has 1 aliphatic heterocycles. The van der Waals surface area contributed by atoms with Gasteiger partial charge < -0.3 is 20.1 Å². The third-order valence-electron chi connectivity index (χ3n) is 2.74. The van der Waals surface area contributed by atoms with Crippen LogP contribution in [0, 0.1) is 0 Å². The molecule has 2 atom stereocenters. The number of hydrogen-bond donors (Lipinski definition) is 2. The van der Waals surface area contributed by atoms with Gasteiger partial charge in [0.1, 0.15) is 0 Å². The van der Waals surface area contributed by atoms with Crippen LogP contribution in [0.2, 0.25) is 0 Å². The number of rotatable bonds is 5. The fourth-order valence-electron chi connectivity index (χ4n) is 1.70. The lowest BCUT2D eigenvalue weighted by Crippen LogP contribution is -2.42. The SMILES string of the molecule is CN1CCC(NCC(O)COC(C)(C)C)C1=O. The van der Waals surface area contributed by atoms with Crippen LogP contribution in [0.25, 0.3) is 0 Å². The number of hydrogen-bond acceptors (Lipinski definition) is 4. The molecule has 0 aromatic carbocycles. The lowest BCUT2D eigenvalue weighted by molar-refractivity contribution is -0.128. The van der Waals surface area contributed by atoms with Gasteiger partial charge in [-0.25, -0.2) is 0 Å². The van der Waals surface area contributed by atoms with Crippen molar-refractivity contribution in [1.29, 1.82) is 0 Å². The van der Waals surface area contributed by atoms with Gasteiger partial charge in [0.25, 0.3) is 0 Å². The summed E-state index contributed by atoms with van der Waals surface area (Å²) in [5.74, 6) is 0.105. The van der Waals surface area contributed by atoms with E-state index in [1.807, 2.05) is 20.8 Å². The van der Waals surface area contributed by atoms with Crippen molar-refractivity contribution < 1.29 is 14.6 Å². The minimum Gasteiger partial charge on any atom is -0.389 e. The highest BCUT2D eigenvalue weighted by atomic mass is 16.5. The van der Waals surface area contributed by atoms with Crippen LogP contribution in [0.1, 0.15) is 27.2 Å². The van der Waals surface area contributed by atoms with Gasteiger partial charge >= 0.3 is 0 Å². The summed E-state index contributed by atoms with van der Waals surface area (Å²) in [4.78, 5) is 13.3. The van der Waals surface area contributed by atoms with E-state index in [0.29, 0.717) is 6.54 Å². The Morgan fingerprint density at radius 1 is 1.59 bits per heavy atom. The zero-order valence-corrected chi connectivity index (χ0v) is 11.2. The third-order valence-corrected chi connectivity index (χ3v) is 2.74. The van der Waals surface area contributed by atoms with Gasteiger partial charge in [-0.1, -0.05) is 0 Å². The number of ether oxygens (including phenoxy) is 1. The summed E-state index contributed by atoms with van der Waals surface area (Å²) in [6.45, 7) is 7.30. The standard InChI is InChI=1S/C12H24N2O3/c1-12(2,3)17-8-9(15)7-13-10-5-6-14(4)11(10)16/h9-10,13,15H,5-8H2,1-4H3. The number of nitrogens with one attached hydrogen (secondary N) is 1. The van der Waals surface area contributed by atoms with Crippen LogP contribution in [0.3, 0.4) is 0 Å². The van der Waals surface area contributed by atoms with E-state index in [9.17, 15) is 9.90 Å². The quantitative estimate of drug-likeness (QED) is 0.713. The van der Waals surface area contributed by atoms with E-state index in [-0.39, 0.29) is 24.2 Å². The van der Waals surface area contributed by atoms with Crippen molar-refractivity contribution in [3.05, 3.63) is 0 Å². The Morgan fingerprint density at radius 3 is 2.71 bits per heavy atom. The molecule has 2 unspecified atom stereocenters. The first-order valence-electron chi connectivity index (χ1n) is 6.10. The molecule has 0 saturated carbocycles. The number of carbonyl (C=O) groups is 1. The predicted octanol–water partition coefficient (Wildman–Crippen LogP) is -0.0173. The third kappa shape index (κ3) is 5.02. The maximum absolute atomic E-state index is 11.6. The molecule has 1 aliphatic rings. The average molecular weight is 244 g/mol. The number of aliphatic hydroxyl groups is 1. The van der Waals surface area contributed by atoms with Crippen LogP contribution < -0.4 is 5.32 Å². The van der Waals surface area contributed by atoms with E-state index in [1.54, 1.807) is 11.9 Å². The van der Waals surface area contributed by atoms with E-state index >= 15 is 0 Å². The van der Waals surface area contributed by atoms with Crippen molar-refractivity contribution in [2.45, 2.75) is 44.9 Å². The van der Waals surface area contributed by atoms with Gasteiger partial charge in [0.2, 0.25) is 5.91 Å². The first kappa shape index (κ1) is 14.4. The molecule has 0 radical (unpaired) electrons. The van der Waals surface area contributed by atoms with E-state index in [2.05, 4.69) is 5.32 Å². The molecule has 5 heteroatoms. The summed E-state index contributed by atoms with van der Waals surface area (Å²) in [6.07, 6.45) is 0.232. The number of likely N-dealkylation sites (tertiary alicyclic amines) is 1. The number of likely N-dealkylation sites (N-methyl/N-ethyl adjacent to an activating group) is 1. The molecule has 1 amide bonds. The summed E-state index contributed by atoms with van der Waals surface area (Å²) in [7, 11) is 1.79. The molecular weight excluding hydrogens is 220 g/mol. The maximum Gasteiger partial charge on any atom is 0.239 e. The van der Waals surface area contributed by atoms with Crippen molar-refractivity contribution in [3.63, 3.8) is 0 Å². The molecule has 1 fully saturated rings. The monoisotopic (exact) mass is 244 g/mol. The lowest BCUT2D eigenvalue weighted by atomic mass is 10.2. The van der Waals surface area contributed by atoms with Gasteiger partial charge in [0.05, 0.1) is 24.4 Å². The smallest absolute Gasteiger partial charge is 0.239 e.